The number of likely N-dealkylation sites (tertiary alicyclic amines) is 1. The minimum Gasteiger partial charge on any atom is -0.493 e. The SMILES string of the molecule is COc1ccc2c3c1OC1C(C)(O)C(O)C[C@H]4[C@@H](C2)N(C)CC[C@]314. The van der Waals surface area contributed by atoms with Crippen molar-refractivity contribution in [2.45, 2.75) is 55.5 Å². The highest BCUT2D eigenvalue weighted by molar-refractivity contribution is 5.61. The lowest BCUT2D eigenvalue weighted by Gasteiger charge is -2.61. The van der Waals surface area contributed by atoms with Crippen LogP contribution in [0.3, 0.4) is 0 Å². The molecule has 2 heterocycles. The van der Waals surface area contributed by atoms with Gasteiger partial charge in [0.25, 0.3) is 0 Å². The van der Waals surface area contributed by atoms with Gasteiger partial charge in [0.2, 0.25) is 0 Å². The highest BCUT2D eigenvalue weighted by Gasteiger charge is 2.70. The summed E-state index contributed by atoms with van der Waals surface area (Å²) in [5.74, 6) is 1.83. The third-order valence-electron chi connectivity index (χ3n) is 7.28. The van der Waals surface area contributed by atoms with Crippen LogP contribution < -0.4 is 9.47 Å². The molecule has 5 rings (SSSR count). The van der Waals surface area contributed by atoms with Crippen LogP contribution in [0.15, 0.2) is 12.1 Å². The molecule has 1 saturated heterocycles. The lowest BCUT2D eigenvalue weighted by atomic mass is 9.49. The molecule has 2 fully saturated rings. The number of methoxy groups -OCH3 is 1. The van der Waals surface area contributed by atoms with Gasteiger partial charge in [-0.15, -0.1) is 0 Å². The maximum Gasteiger partial charge on any atom is 0.165 e. The Labute approximate surface area is 142 Å². The van der Waals surface area contributed by atoms with E-state index in [0.29, 0.717) is 18.4 Å². The molecule has 2 bridgehead atoms. The van der Waals surface area contributed by atoms with Crippen LogP contribution in [0.25, 0.3) is 0 Å². The van der Waals surface area contributed by atoms with Gasteiger partial charge < -0.3 is 24.6 Å². The van der Waals surface area contributed by atoms with Gasteiger partial charge in [-0.3, -0.25) is 0 Å². The first-order valence-electron chi connectivity index (χ1n) is 8.89. The zero-order chi connectivity index (χ0) is 16.9. The first kappa shape index (κ1) is 15.0. The highest BCUT2D eigenvalue weighted by atomic mass is 16.5. The number of piperidine rings is 1. The maximum atomic E-state index is 11.1. The van der Waals surface area contributed by atoms with E-state index in [1.54, 1.807) is 14.0 Å². The smallest absolute Gasteiger partial charge is 0.165 e. The number of hydrogen-bond donors (Lipinski definition) is 2. The van der Waals surface area contributed by atoms with Crippen LogP contribution >= 0.6 is 0 Å². The highest BCUT2D eigenvalue weighted by Crippen LogP contribution is 2.65. The van der Waals surface area contributed by atoms with Crippen molar-refractivity contribution in [3.8, 4) is 11.5 Å². The number of benzene rings is 1. The first-order valence-corrected chi connectivity index (χ1v) is 8.89. The Morgan fingerprint density at radius 2 is 2.17 bits per heavy atom. The van der Waals surface area contributed by atoms with Crippen LogP contribution in [0.2, 0.25) is 0 Å². The Balaban J connectivity index is 1.81. The van der Waals surface area contributed by atoms with E-state index >= 15 is 0 Å². The summed E-state index contributed by atoms with van der Waals surface area (Å²) in [4.78, 5) is 2.42. The molecule has 0 amide bonds. The van der Waals surface area contributed by atoms with E-state index in [2.05, 4.69) is 18.0 Å². The number of ether oxygens (including phenoxy) is 2. The molecule has 130 valence electrons. The summed E-state index contributed by atoms with van der Waals surface area (Å²) in [5.41, 5.74) is 1.09. The summed E-state index contributed by atoms with van der Waals surface area (Å²) in [6.45, 7) is 2.72. The molecular weight excluding hydrogens is 306 g/mol. The molecule has 24 heavy (non-hydrogen) atoms. The number of nitrogens with zero attached hydrogens (tertiary/aromatic N) is 1. The molecule has 0 aromatic heterocycles. The summed E-state index contributed by atoms with van der Waals surface area (Å²) in [6.07, 6.45) is 1.36. The van der Waals surface area contributed by atoms with E-state index < -0.39 is 17.8 Å². The van der Waals surface area contributed by atoms with Crippen molar-refractivity contribution < 1.29 is 19.7 Å². The van der Waals surface area contributed by atoms with Gasteiger partial charge in [-0.05, 0) is 57.3 Å². The monoisotopic (exact) mass is 331 g/mol. The second-order valence-electron chi connectivity index (χ2n) is 8.26. The zero-order valence-corrected chi connectivity index (χ0v) is 14.5. The van der Waals surface area contributed by atoms with E-state index in [0.717, 1.165) is 30.9 Å². The van der Waals surface area contributed by atoms with Gasteiger partial charge in [0.15, 0.2) is 11.5 Å². The molecule has 6 atom stereocenters. The summed E-state index contributed by atoms with van der Waals surface area (Å²) < 4.78 is 11.9. The molecule has 1 aromatic carbocycles. The molecule has 3 unspecified atom stereocenters. The third-order valence-corrected chi connectivity index (χ3v) is 7.28. The van der Waals surface area contributed by atoms with Crippen LogP contribution in [0.4, 0.5) is 0 Å². The first-order chi connectivity index (χ1) is 11.4. The Kier molecular flexibility index (Phi) is 2.78. The lowest BCUT2D eigenvalue weighted by molar-refractivity contribution is -0.202. The van der Waals surface area contributed by atoms with Crippen molar-refractivity contribution in [1.82, 2.24) is 4.90 Å². The van der Waals surface area contributed by atoms with Crippen molar-refractivity contribution in [2.24, 2.45) is 5.92 Å². The maximum absolute atomic E-state index is 11.1. The van der Waals surface area contributed by atoms with Gasteiger partial charge in [-0.25, -0.2) is 0 Å². The Bertz CT molecular complexity index is 718. The van der Waals surface area contributed by atoms with Crippen LogP contribution in [0.5, 0.6) is 11.5 Å². The van der Waals surface area contributed by atoms with Crippen LogP contribution in [0, 0.1) is 5.92 Å². The van der Waals surface area contributed by atoms with Crippen molar-refractivity contribution in [3.63, 3.8) is 0 Å². The van der Waals surface area contributed by atoms with Crippen molar-refractivity contribution in [1.29, 1.82) is 0 Å². The Morgan fingerprint density at radius 3 is 2.92 bits per heavy atom. The minimum atomic E-state index is -1.25. The molecule has 0 radical (unpaired) electrons. The number of likely N-dealkylation sites (N-methyl/N-ethyl adjacent to an activating group) is 1. The topological polar surface area (TPSA) is 62.2 Å². The molecule has 1 aromatic rings. The molecule has 5 nitrogen and oxygen atoms in total. The van der Waals surface area contributed by atoms with Gasteiger partial charge in [0.1, 0.15) is 11.7 Å². The normalized spacial score (nSPS) is 45.5. The molecular formula is C19H25NO4. The van der Waals surface area contributed by atoms with Gasteiger partial charge >= 0.3 is 0 Å². The standard InChI is InChI=1S/C19H25NO4/c1-18(22)14(21)9-11-12-8-10-4-5-13(23-3)16-15(10)19(11,17(18)24-16)6-7-20(12)2/h4-5,11-12,14,17,21-22H,6-9H2,1-3H3/t11-,12+,14?,17?,18?,19-/m0/s1. The third kappa shape index (κ3) is 1.48. The predicted octanol–water partition coefficient (Wildman–Crippen LogP) is 1.09. The average molecular weight is 331 g/mol. The second-order valence-corrected chi connectivity index (χ2v) is 8.26. The van der Waals surface area contributed by atoms with E-state index in [4.69, 9.17) is 9.47 Å². The molecule has 1 saturated carbocycles. The second kappa shape index (κ2) is 4.45. The van der Waals surface area contributed by atoms with Crippen molar-refractivity contribution >= 4 is 0 Å². The fraction of sp³-hybridized carbons (Fsp3) is 0.684. The average Bonchev–Trinajstić information content (AvgIpc) is 2.90. The van der Waals surface area contributed by atoms with Gasteiger partial charge in [-0.2, -0.15) is 0 Å². The Hall–Kier alpha value is -1.30. The minimum absolute atomic E-state index is 0.211. The van der Waals surface area contributed by atoms with Crippen molar-refractivity contribution in [2.75, 3.05) is 20.7 Å². The van der Waals surface area contributed by atoms with Gasteiger partial charge in [-0.1, -0.05) is 6.07 Å². The molecule has 2 aliphatic carbocycles. The molecule has 5 heteroatoms. The number of hydrogen-bond acceptors (Lipinski definition) is 5. The fourth-order valence-electron chi connectivity index (χ4n) is 6.10. The lowest BCUT2D eigenvalue weighted by Crippen LogP contribution is -2.72. The quantitative estimate of drug-likeness (QED) is 0.806. The van der Waals surface area contributed by atoms with Crippen LogP contribution in [-0.2, 0) is 11.8 Å². The van der Waals surface area contributed by atoms with Crippen LogP contribution in [-0.4, -0.2) is 59.7 Å². The molecule has 2 aliphatic heterocycles. The molecule has 4 aliphatic rings. The number of aliphatic hydroxyl groups excluding tert-OH is 1. The van der Waals surface area contributed by atoms with E-state index in [1.807, 2.05) is 6.07 Å². The Morgan fingerprint density at radius 1 is 1.38 bits per heavy atom. The number of rotatable bonds is 1. The zero-order valence-electron chi connectivity index (χ0n) is 14.5. The van der Waals surface area contributed by atoms with E-state index in [9.17, 15) is 10.2 Å². The fourth-order valence-corrected chi connectivity index (χ4v) is 6.10. The summed E-state index contributed by atoms with van der Waals surface area (Å²) in [6, 6.07) is 4.53. The predicted molar refractivity (Wildman–Crippen MR) is 88.6 cm³/mol. The van der Waals surface area contributed by atoms with Gasteiger partial charge in [0, 0.05) is 17.0 Å². The van der Waals surface area contributed by atoms with Crippen LogP contribution in [0.1, 0.15) is 30.9 Å². The number of aliphatic hydroxyl groups is 2. The van der Waals surface area contributed by atoms with E-state index in [1.165, 1.54) is 11.1 Å². The molecule has 1 spiro atoms. The molecule has 2 N–H and O–H groups in total. The summed E-state index contributed by atoms with van der Waals surface area (Å²) in [5, 5.41) is 21.8. The largest absolute Gasteiger partial charge is 0.493 e. The van der Waals surface area contributed by atoms with Gasteiger partial charge in [0.05, 0.1) is 13.2 Å². The van der Waals surface area contributed by atoms with E-state index in [-0.39, 0.29) is 5.41 Å². The summed E-state index contributed by atoms with van der Waals surface area (Å²) >= 11 is 0. The van der Waals surface area contributed by atoms with Crippen molar-refractivity contribution in [3.05, 3.63) is 23.3 Å². The summed E-state index contributed by atoms with van der Waals surface area (Å²) in [7, 11) is 3.84.